The smallest absolute Gasteiger partial charge is 0.271 e. The lowest BCUT2D eigenvalue weighted by atomic mass is 10.1. The SMILES string of the molecule is CCC(=NNC(=O)c1ccc(O)cc1)c1ccc(N)cc1. The van der Waals surface area contributed by atoms with Crippen LogP contribution in [0.2, 0.25) is 0 Å². The molecular weight excluding hydrogens is 266 g/mol. The number of anilines is 1. The molecule has 0 aliphatic carbocycles. The lowest BCUT2D eigenvalue weighted by Gasteiger charge is -2.06. The van der Waals surface area contributed by atoms with Crippen molar-refractivity contribution < 1.29 is 9.90 Å². The van der Waals surface area contributed by atoms with Gasteiger partial charge in [-0.1, -0.05) is 19.1 Å². The fourth-order valence-corrected chi connectivity index (χ4v) is 1.82. The van der Waals surface area contributed by atoms with Crippen molar-refractivity contribution in [3.8, 4) is 5.75 Å². The van der Waals surface area contributed by atoms with Gasteiger partial charge in [-0.3, -0.25) is 4.79 Å². The molecule has 0 atom stereocenters. The Hall–Kier alpha value is -2.82. The maximum atomic E-state index is 11.9. The molecule has 0 aliphatic heterocycles. The standard InChI is InChI=1S/C16H17N3O2/c1-2-15(11-3-7-13(17)8-4-11)18-19-16(21)12-5-9-14(20)10-6-12/h3-10,20H,2,17H2,1H3,(H,19,21). The van der Waals surface area contributed by atoms with Gasteiger partial charge in [0.2, 0.25) is 0 Å². The predicted molar refractivity (Wildman–Crippen MR) is 83.3 cm³/mol. The number of aromatic hydroxyl groups is 1. The highest BCUT2D eigenvalue weighted by atomic mass is 16.3. The molecule has 108 valence electrons. The van der Waals surface area contributed by atoms with Crippen molar-refractivity contribution in [2.75, 3.05) is 5.73 Å². The highest BCUT2D eigenvalue weighted by Gasteiger charge is 2.06. The molecular formula is C16H17N3O2. The summed E-state index contributed by atoms with van der Waals surface area (Å²) in [4.78, 5) is 11.9. The summed E-state index contributed by atoms with van der Waals surface area (Å²) >= 11 is 0. The number of hydrogen-bond acceptors (Lipinski definition) is 4. The van der Waals surface area contributed by atoms with E-state index in [1.165, 1.54) is 24.3 Å². The third-order valence-electron chi connectivity index (χ3n) is 3.00. The lowest BCUT2D eigenvalue weighted by Crippen LogP contribution is -2.19. The van der Waals surface area contributed by atoms with Gasteiger partial charge in [0, 0.05) is 11.3 Å². The van der Waals surface area contributed by atoms with E-state index in [0.29, 0.717) is 17.7 Å². The van der Waals surface area contributed by atoms with E-state index in [0.717, 1.165) is 11.3 Å². The van der Waals surface area contributed by atoms with Crippen LogP contribution in [0.5, 0.6) is 5.75 Å². The van der Waals surface area contributed by atoms with Crippen LogP contribution >= 0.6 is 0 Å². The zero-order valence-corrected chi connectivity index (χ0v) is 11.7. The summed E-state index contributed by atoms with van der Waals surface area (Å²) in [5.41, 5.74) is 11.0. The monoisotopic (exact) mass is 283 g/mol. The van der Waals surface area contributed by atoms with E-state index in [-0.39, 0.29) is 11.7 Å². The average Bonchev–Trinajstić information content (AvgIpc) is 2.50. The van der Waals surface area contributed by atoms with Gasteiger partial charge in [0.15, 0.2) is 0 Å². The molecule has 5 nitrogen and oxygen atoms in total. The molecule has 2 aromatic rings. The van der Waals surface area contributed by atoms with Gasteiger partial charge in [-0.2, -0.15) is 5.10 Å². The zero-order chi connectivity index (χ0) is 15.2. The van der Waals surface area contributed by atoms with Gasteiger partial charge in [0.1, 0.15) is 5.75 Å². The molecule has 0 heterocycles. The van der Waals surface area contributed by atoms with E-state index in [2.05, 4.69) is 10.5 Å². The fraction of sp³-hybridized carbons (Fsp3) is 0.125. The number of nitrogens with one attached hydrogen (secondary N) is 1. The van der Waals surface area contributed by atoms with Crippen LogP contribution in [0.4, 0.5) is 5.69 Å². The lowest BCUT2D eigenvalue weighted by molar-refractivity contribution is 0.0955. The Morgan fingerprint density at radius 3 is 2.24 bits per heavy atom. The Bertz CT molecular complexity index is 646. The van der Waals surface area contributed by atoms with Crippen molar-refractivity contribution >= 4 is 17.3 Å². The van der Waals surface area contributed by atoms with Gasteiger partial charge in [0.05, 0.1) is 5.71 Å². The van der Waals surface area contributed by atoms with Crippen LogP contribution in [0.3, 0.4) is 0 Å². The third kappa shape index (κ3) is 3.82. The first-order chi connectivity index (χ1) is 10.1. The van der Waals surface area contributed by atoms with Crippen molar-refractivity contribution in [3.05, 3.63) is 59.7 Å². The second kappa shape index (κ2) is 6.56. The summed E-state index contributed by atoms with van der Waals surface area (Å²) in [6, 6.07) is 13.3. The molecule has 2 aromatic carbocycles. The number of nitrogen functional groups attached to an aromatic ring is 1. The number of carbonyl (C=O) groups is 1. The van der Waals surface area contributed by atoms with Crippen LogP contribution in [-0.4, -0.2) is 16.7 Å². The van der Waals surface area contributed by atoms with Gasteiger partial charge in [-0.15, -0.1) is 0 Å². The quantitative estimate of drug-likeness (QED) is 0.457. The summed E-state index contributed by atoms with van der Waals surface area (Å²) in [5.74, 6) is -0.206. The molecule has 0 aliphatic rings. The van der Waals surface area contributed by atoms with Crippen molar-refractivity contribution in [3.63, 3.8) is 0 Å². The van der Waals surface area contributed by atoms with Crippen LogP contribution in [0.15, 0.2) is 53.6 Å². The van der Waals surface area contributed by atoms with E-state index in [1.54, 1.807) is 12.1 Å². The topological polar surface area (TPSA) is 87.7 Å². The zero-order valence-electron chi connectivity index (χ0n) is 11.7. The average molecular weight is 283 g/mol. The van der Waals surface area contributed by atoms with Gasteiger partial charge in [-0.25, -0.2) is 5.43 Å². The molecule has 4 N–H and O–H groups in total. The van der Waals surface area contributed by atoms with E-state index in [9.17, 15) is 9.90 Å². The first-order valence-corrected chi connectivity index (χ1v) is 6.62. The van der Waals surface area contributed by atoms with Crippen molar-refractivity contribution in [1.29, 1.82) is 0 Å². The number of phenolic OH excluding ortho intramolecular Hbond substituents is 1. The first kappa shape index (κ1) is 14.6. The van der Waals surface area contributed by atoms with E-state index in [4.69, 9.17) is 5.73 Å². The summed E-state index contributed by atoms with van der Waals surface area (Å²) in [6.07, 6.45) is 0.680. The minimum absolute atomic E-state index is 0.117. The Morgan fingerprint density at radius 2 is 1.67 bits per heavy atom. The molecule has 1 amide bonds. The molecule has 0 radical (unpaired) electrons. The van der Waals surface area contributed by atoms with Crippen molar-refractivity contribution in [2.24, 2.45) is 5.10 Å². The van der Waals surface area contributed by atoms with Crippen LogP contribution in [0.25, 0.3) is 0 Å². The van der Waals surface area contributed by atoms with Gasteiger partial charge in [0.25, 0.3) is 5.91 Å². The van der Waals surface area contributed by atoms with Crippen molar-refractivity contribution in [1.82, 2.24) is 5.43 Å². The minimum atomic E-state index is -0.323. The second-order valence-corrected chi connectivity index (χ2v) is 4.52. The molecule has 0 unspecified atom stereocenters. The summed E-state index contributed by atoms with van der Waals surface area (Å²) in [7, 11) is 0. The molecule has 0 aromatic heterocycles. The second-order valence-electron chi connectivity index (χ2n) is 4.52. The number of hydrazone groups is 1. The largest absolute Gasteiger partial charge is 0.508 e. The van der Waals surface area contributed by atoms with E-state index < -0.39 is 0 Å². The van der Waals surface area contributed by atoms with E-state index in [1.807, 2.05) is 19.1 Å². The highest BCUT2D eigenvalue weighted by molar-refractivity contribution is 6.02. The number of hydrogen-bond donors (Lipinski definition) is 3. The number of benzene rings is 2. The molecule has 0 spiro atoms. The van der Waals surface area contributed by atoms with Gasteiger partial charge < -0.3 is 10.8 Å². The number of phenols is 1. The Balaban J connectivity index is 2.12. The molecule has 0 fully saturated rings. The van der Waals surface area contributed by atoms with Crippen LogP contribution < -0.4 is 11.2 Å². The highest BCUT2D eigenvalue weighted by Crippen LogP contribution is 2.10. The maximum absolute atomic E-state index is 11.9. The Labute approximate surface area is 123 Å². The number of nitrogens with zero attached hydrogens (tertiary/aromatic N) is 1. The maximum Gasteiger partial charge on any atom is 0.271 e. The van der Waals surface area contributed by atoms with Gasteiger partial charge >= 0.3 is 0 Å². The van der Waals surface area contributed by atoms with Gasteiger partial charge in [-0.05, 0) is 48.4 Å². The minimum Gasteiger partial charge on any atom is -0.508 e. The molecule has 0 saturated heterocycles. The number of carbonyl (C=O) groups excluding carboxylic acids is 1. The van der Waals surface area contributed by atoms with Crippen LogP contribution in [-0.2, 0) is 0 Å². The Morgan fingerprint density at radius 1 is 1.10 bits per heavy atom. The third-order valence-corrected chi connectivity index (χ3v) is 3.00. The normalized spacial score (nSPS) is 11.2. The predicted octanol–water partition coefficient (Wildman–Crippen LogP) is 2.52. The Kier molecular flexibility index (Phi) is 4.56. The summed E-state index contributed by atoms with van der Waals surface area (Å²) < 4.78 is 0. The first-order valence-electron chi connectivity index (χ1n) is 6.62. The number of rotatable bonds is 4. The molecule has 0 saturated carbocycles. The molecule has 21 heavy (non-hydrogen) atoms. The molecule has 0 bridgehead atoms. The van der Waals surface area contributed by atoms with Crippen LogP contribution in [0.1, 0.15) is 29.3 Å². The number of amides is 1. The summed E-state index contributed by atoms with van der Waals surface area (Å²) in [6.45, 7) is 1.96. The van der Waals surface area contributed by atoms with E-state index >= 15 is 0 Å². The van der Waals surface area contributed by atoms with Crippen molar-refractivity contribution in [2.45, 2.75) is 13.3 Å². The molecule has 5 heteroatoms. The fourth-order valence-electron chi connectivity index (χ4n) is 1.82. The molecule has 2 rings (SSSR count). The van der Waals surface area contributed by atoms with Crippen LogP contribution in [0, 0.1) is 0 Å². The number of nitrogens with two attached hydrogens (primary N) is 1. The summed E-state index contributed by atoms with van der Waals surface area (Å²) in [5, 5.41) is 13.4.